The predicted molar refractivity (Wildman–Crippen MR) is 139 cm³/mol. The minimum Gasteiger partial charge on any atom is -0.463 e. The Bertz CT molecular complexity index is 741. The zero-order valence-electron chi connectivity index (χ0n) is 24.2. The Hall–Kier alpha value is -0.990. The van der Waals surface area contributed by atoms with Gasteiger partial charge in [-0.25, -0.2) is 4.57 Å². The molecule has 2 N–H and O–H groups in total. The average molecular weight is 524 g/mol. The molecule has 10 heteroatoms. The predicted octanol–water partition coefficient (Wildman–Crippen LogP) is 4.39. The van der Waals surface area contributed by atoms with Crippen LogP contribution in [0.3, 0.4) is 0 Å². The number of hydrogen-bond acceptors (Lipinski definition) is 6. The third kappa shape index (κ3) is 11.7. The highest BCUT2D eigenvalue weighted by molar-refractivity contribution is 7.47. The van der Waals surface area contributed by atoms with E-state index in [0.717, 1.165) is 0 Å². The number of nitrogens with zero attached hydrogens (tertiary/aromatic N) is 1. The first-order chi connectivity index (χ1) is 15.6. The molecule has 3 unspecified atom stereocenters. The van der Waals surface area contributed by atoms with E-state index in [0.29, 0.717) is 23.9 Å². The zero-order chi connectivity index (χ0) is 27.9. The molecule has 35 heavy (non-hydrogen) atoms. The fourth-order valence-electron chi connectivity index (χ4n) is 3.73. The summed E-state index contributed by atoms with van der Waals surface area (Å²) >= 11 is 0. The Kier molecular flexibility index (Phi) is 12.6. The van der Waals surface area contributed by atoms with Gasteiger partial charge in [-0.2, -0.15) is 0 Å². The van der Waals surface area contributed by atoms with Crippen LogP contribution in [-0.2, 0) is 27.9 Å². The number of hydrogen-bond donors (Lipinski definition) is 2. The lowest BCUT2D eigenvalue weighted by atomic mass is 9.59. The van der Waals surface area contributed by atoms with Gasteiger partial charge in [0.2, 0.25) is 5.91 Å². The van der Waals surface area contributed by atoms with E-state index in [2.05, 4.69) is 5.32 Å². The SMILES string of the molecule is CCC(C)(C(=O)OCCOP(=O)(O)OCC[N+](C)(C)C)C(C)(C)CC(C(=O)NC(C)C)C(C)(C)C. The van der Waals surface area contributed by atoms with E-state index in [1.165, 1.54) is 0 Å². The molecule has 0 aliphatic carbocycles. The first kappa shape index (κ1) is 34.0. The highest BCUT2D eigenvalue weighted by atomic mass is 31.2. The molecule has 0 saturated carbocycles. The van der Waals surface area contributed by atoms with Crippen LogP contribution in [0.1, 0.15) is 75.2 Å². The van der Waals surface area contributed by atoms with Crippen molar-refractivity contribution in [3.63, 3.8) is 0 Å². The topological polar surface area (TPSA) is 111 Å². The summed E-state index contributed by atoms with van der Waals surface area (Å²) in [6.07, 6.45) is 1.01. The molecule has 0 heterocycles. The highest BCUT2D eigenvalue weighted by Gasteiger charge is 2.50. The number of likely N-dealkylation sites (N-methyl/N-ethyl adjacent to an activating group) is 1. The third-order valence-corrected chi connectivity index (χ3v) is 7.76. The van der Waals surface area contributed by atoms with Crippen molar-refractivity contribution in [1.29, 1.82) is 0 Å². The summed E-state index contributed by atoms with van der Waals surface area (Å²) in [5.41, 5.74) is -1.73. The number of ether oxygens (including phenoxy) is 1. The molecular weight excluding hydrogens is 471 g/mol. The van der Waals surface area contributed by atoms with Crippen molar-refractivity contribution in [3.8, 4) is 0 Å². The molecule has 0 radical (unpaired) electrons. The Labute approximate surface area is 213 Å². The molecule has 0 spiro atoms. The molecular formula is C25H52N2O7P+. The summed E-state index contributed by atoms with van der Waals surface area (Å²) in [5, 5.41) is 3.01. The van der Waals surface area contributed by atoms with Crippen LogP contribution in [0.2, 0.25) is 0 Å². The van der Waals surface area contributed by atoms with Crippen LogP contribution in [0.25, 0.3) is 0 Å². The molecule has 0 aliphatic heterocycles. The summed E-state index contributed by atoms with van der Waals surface area (Å²) in [6, 6.07) is 0.0250. The van der Waals surface area contributed by atoms with E-state index in [1.807, 2.05) is 83.5 Å². The van der Waals surface area contributed by atoms with Crippen molar-refractivity contribution in [2.75, 3.05) is 47.5 Å². The Morgan fingerprint density at radius 1 is 0.971 bits per heavy atom. The van der Waals surface area contributed by atoms with Crippen LogP contribution in [0, 0.1) is 22.2 Å². The maximum atomic E-state index is 13.2. The van der Waals surface area contributed by atoms with E-state index in [-0.39, 0.29) is 43.1 Å². The van der Waals surface area contributed by atoms with Crippen molar-refractivity contribution in [2.45, 2.75) is 81.2 Å². The first-order valence-corrected chi connectivity index (χ1v) is 14.0. The standard InChI is InChI=1S/C25H51N2O7P/c1-13-25(9,24(7,8)18-20(23(4,5)6)21(28)26-19(2)3)22(29)32-16-17-34-35(30,31)33-15-14-27(10,11)12/h19-20H,13-18H2,1-12H3,(H-,26,28,30,31)/p+1. The summed E-state index contributed by atoms with van der Waals surface area (Å²) in [5.74, 6) is -0.750. The van der Waals surface area contributed by atoms with Gasteiger partial charge in [0, 0.05) is 12.0 Å². The van der Waals surface area contributed by atoms with Gasteiger partial charge in [-0.15, -0.1) is 0 Å². The van der Waals surface area contributed by atoms with Crippen LogP contribution < -0.4 is 5.32 Å². The summed E-state index contributed by atoms with van der Waals surface area (Å²) in [4.78, 5) is 36.0. The summed E-state index contributed by atoms with van der Waals surface area (Å²) < 4.78 is 28.0. The highest BCUT2D eigenvalue weighted by Crippen LogP contribution is 2.49. The van der Waals surface area contributed by atoms with Gasteiger partial charge in [-0.3, -0.25) is 18.6 Å². The molecule has 0 aliphatic rings. The van der Waals surface area contributed by atoms with Gasteiger partial charge in [-0.1, -0.05) is 41.5 Å². The number of rotatable bonds is 15. The molecule has 0 bridgehead atoms. The van der Waals surface area contributed by atoms with Crippen molar-refractivity contribution in [2.24, 2.45) is 22.2 Å². The quantitative estimate of drug-likeness (QED) is 0.142. The minimum absolute atomic E-state index is 0.0234. The van der Waals surface area contributed by atoms with Gasteiger partial charge < -0.3 is 19.4 Å². The van der Waals surface area contributed by atoms with Gasteiger partial charge in [0.15, 0.2) is 0 Å². The lowest BCUT2D eigenvalue weighted by Gasteiger charge is -2.45. The molecule has 1 amide bonds. The molecule has 0 fully saturated rings. The molecule has 0 aromatic rings. The van der Waals surface area contributed by atoms with Gasteiger partial charge in [0.25, 0.3) is 0 Å². The molecule has 208 valence electrons. The van der Waals surface area contributed by atoms with Crippen LogP contribution in [0.5, 0.6) is 0 Å². The molecule has 0 aromatic heterocycles. The van der Waals surface area contributed by atoms with Gasteiger partial charge in [0.05, 0.1) is 33.2 Å². The molecule has 0 aromatic carbocycles. The van der Waals surface area contributed by atoms with Gasteiger partial charge in [0.1, 0.15) is 19.8 Å². The first-order valence-electron chi connectivity index (χ1n) is 12.5. The number of quaternary nitrogens is 1. The second kappa shape index (κ2) is 13.0. The number of amides is 1. The van der Waals surface area contributed by atoms with Crippen molar-refractivity contribution >= 4 is 19.7 Å². The number of esters is 1. The number of phosphoric ester groups is 1. The smallest absolute Gasteiger partial charge is 0.463 e. The van der Waals surface area contributed by atoms with E-state index in [9.17, 15) is 19.0 Å². The normalized spacial score (nSPS) is 17.4. The lowest BCUT2D eigenvalue weighted by Crippen LogP contribution is -2.49. The van der Waals surface area contributed by atoms with Crippen LogP contribution in [0.4, 0.5) is 0 Å². The van der Waals surface area contributed by atoms with E-state index in [4.69, 9.17) is 13.8 Å². The second-order valence-electron chi connectivity index (χ2n) is 12.6. The van der Waals surface area contributed by atoms with Crippen LogP contribution in [0.15, 0.2) is 0 Å². The summed E-state index contributed by atoms with van der Waals surface area (Å²) in [6.45, 7) is 17.9. The minimum atomic E-state index is -4.22. The Morgan fingerprint density at radius 3 is 1.91 bits per heavy atom. The van der Waals surface area contributed by atoms with E-state index in [1.54, 1.807) is 0 Å². The molecule has 0 rings (SSSR count). The number of carbonyl (C=O) groups is 2. The zero-order valence-corrected chi connectivity index (χ0v) is 25.1. The molecule has 0 saturated heterocycles. The van der Waals surface area contributed by atoms with Gasteiger partial charge in [-0.05, 0) is 44.4 Å². The monoisotopic (exact) mass is 523 g/mol. The largest absolute Gasteiger partial charge is 0.472 e. The van der Waals surface area contributed by atoms with Crippen LogP contribution >= 0.6 is 7.82 Å². The third-order valence-electron chi connectivity index (χ3n) is 6.75. The second-order valence-corrected chi connectivity index (χ2v) is 14.1. The van der Waals surface area contributed by atoms with E-state index < -0.39 is 24.6 Å². The average Bonchev–Trinajstić information content (AvgIpc) is 2.65. The van der Waals surface area contributed by atoms with Crippen molar-refractivity contribution in [3.05, 3.63) is 0 Å². The number of nitrogens with one attached hydrogen (secondary N) is 1. The van der Waals surface area contributed by atoms with Crippen molar-refractivity contribution < 1.29 is 37.3 Å². The maximum absolute atomic E-state index is 13.2. The summed E-state index contributed by atoms with van der Waals surface area (Å²) in [7, 11) is 1.60. The number of carbonyl (C=O) groups excluding carboxylic acids is 2. The van der Waals surface area contributed by atoms with Gasteiger partial charge >= 0.3 is 13.8 Å². The molecule has 9 nitrogen and oxygen atoms in total. The van der Waals surface area contributed by atoms with Crippen LogP contribution in [-0.4, -0.2) is 74.8 Å². The fraction of sp³-hybridized carbons (Fsp3) is 0.920. The Morgan fingerprint density at radius 2 is 1.49 bits per heavy atom. The Balaban J connectivity index is 5.19. The number of phosphoric acid groups is 1. The van der Waals surface area contributed by atoms with E-state index >= 15 is 0 Å². The lowest BCUT2D eigenvalue weighted by molar-refractivity contribution is -0.870. The fourth-order valence-corrected chi connectivity index (χ4v) is 4.42. The maximum Gasteiger partial charge on any atom is 0.472 e. The molecule has 3 atom stereocenters. The van der Waals surface area contributed by atoms with Crippen molar-refractivity contribution in [1.82, 2.24) is 5.32 Å².